The summed E-state index contributed by atoms with van der Waals surface area (Å²) in [6.45, 7) is 5.90. The molecule has 1 saturated heterocycles. The van der Waals surface area contributed by atoms with E-state index in [0.29, 0.717) is 49.5 Å². The first-order valence-corrected chi connectivity index (χ1v) is 12.6. The lowest BCUT2D eigenvalue weighted by molar-refractivity contribution is -0.274. The van der Waals surface area contributed by atoms with Gasteiger partial charge in [0.25, 0.3) is 5.91 Å². The highest BCUT2D eigenvalue weighted by molar-refractivity contribution is 6.01. The first-order chi connectivity index (χ1) is 18.9. The molecule has 0 bridgehead atoms. The number of rotatable bonds is 7. The van der Waals surface area contributed by atoms with E-state index < -0.39 is 30.1 Å². The van der Waals surface area contributed by atoms with E-state index in [0.717, 1.165) is 11.8 Å². The van der Waals surface area contributed by atoms with Crippen LogP contribution in [0.25, 0.3) is 11.3 Å². The third-order valence-corrected chi connectivity index (χ3v) is 6.95. The zero-order valence-electron chi connectivity index (χ0n) is 21.8. The Morgan fingerprint density at radius 1 is 1.10 bits per heavy atom. The van der Waals surface area contributed by atoms with Gasteiger partial charge in [-0.3, -0.25) is 9.69 Å². The number of aromatic nitrogens is 2. The highest BCUT2D eigenvalue weighted by Gasteiger charge is 2.35. The molecule has 0 radical (unpaired) electrons. The van der Waals surface area contributed by atoms with Crippen molar-refractivity contribution in [3.8, 4) is 17.0 Å². The Labute approximate surface area is 227 Å². The molecule has 8 nitrogen and oxygen atoms in total. The van der Waals surface area contributed by atoms with Crippen LogP contribution in [0.2, 0.25) is 0 Å². The molecule has 0 unspecified atom stereocenters. The van der Waals surface area contributed by atoms with Gasteiger partial charge in [-0.15, -0.1) is 13.2 Å². The van der Waals surface area contributed by atoms with E-state index in [1.165, 1.54) is 24.3 Å². The number of nitrogens with one attached hydrogen (secondary N) is 2. The highest BCUT2D eigenvalue weighted by atomic mass is 19.4. The number of fused-ring (bicyclic) bond motifs is 1. The number of carbonyl (C=O) groups excluding carboxylic acids is 1. The summed E-state index contributed by atoms with van der Waals surface area (Å²) in [5.74, 6) is -1.75. The van der Waals surface area contributed by atoms with Crippen molar-refractivity contribution >= 4 is 23.2 Å². The Morgan fingerprint density at radius 2 is 1.85 bits per heavy atom. The van der Waals surface area contributed by atoms with Gasteiger partial charge in [0.05, 0.1) is 17.4 Å². The first-order valence-electron chi connectivity index (χ1n) is 12.6. The summed E-state index contributed by atoms with van der Waals surface area (Å²) in [4.78, 5) is 24.5. The second-order valence-electron chi connectivity index (χ2n) is 10.1. The lowest BCUT2D eigenvalue weighted by Gasteiger charge is -2.36. The quantitative estimate of drug-likeness (QED) is 0.393. The van der Waals surface area contributed by atoms with Crippen molar-refractivity contribution in [3.05, 3.63) is 59.5 Å². The summed E-state index contributed by atoms with van der Waals surface area (Å²) in [7, 11) is 0. The normalized spacial score (nSPS) is 17.0. The van der Waals surface area contributed by atoms with Crippen molar-refractivity contribution in [2.45, 2.75) is 25.7 Å². The molecule has 1 fully saturated rings. The molecule has 2 aliphatic rings. The Balaban J connectivity index is 1.45. The molecule has 2 aliphatic heterocycles. The van der Waals surface area contributed by atoms with Crippen molar-refractivity contribution in [1.29, 1.82) is 0 Å². The molecule has 2 aromatic carbocycles. The second kappa shape index (κ2) is 10.5. The number of halogens is 5. The standard InChI is InChI=1S/C27H27F5N6O2/c1-26(2)19-5-3-16(13-18(19)24(39)36-26)23-20(29)15-33-25(35-23)34-21-14-17(4-6-22(21)40-27(30,31)32)38-11-9-37(8-7-28)10-12-38/h3-6,13-15H,7-12H2,1-2H3,(H,36,39)(H,33,34,35). The Bertz CT molecular complexity index is 1420. The fourth-order valence-corrected chi connectivity index (χ4v) is 4.97. The van der Waals surface area contributed by atoms with Crippen LogP contribution in [0.15, 0.2) is 42.6 Å². The van der Waals surface area contributed by atoms with Crippen molar-refractivity contribution in [2.24, 2.45) is 0 Å². The van der Waals surface area contributed by atoms with E-state index in [4.69, 9.17) is 0 Å². The smallest absolute Gasteiger partial charge is 0.404 e. The predicted octanol–water partition coefficient (Wildman–Crippen LogP) is 4.99. The molecule has 1 aromatic heterocycles. The lowest BCUT2D eigenvalue weighted by Crippen LogP contribution is -2.47. The topological polar surface area (TPSA) is 82.6 Å². The highest BCUT2D eigenvalue weighted by Crippen LogP contribution is 2.37. The molecule has 13 heteroatoms. The minimum atomic E-state index is -4.95. The first kappa shape index (κ1) is 27.6. The SMILES string of the molecule is CC1(C)NC(=O)c2cc(-c3nc(Nc4cc(N5CCN(CCF)CC5)ccc4OC(F)(F)F)ncc3F)ccc21. The van der Waals surface area contributed by atoms with Gasteiger partial charge in [0.1, 0.15) is 12.4 Å². The van der Waals surface area contributed by atoms with Gasteiger partial charge in [-0.1, -0.05) is 12.1 Å². The maximum absolute atomic E-state index is 14.8. The summed E-state index contributed by atoms with van der Waals surface area (Å²) in [5.41, 5.74) is 1.28. The third-order valence-electron chi connectivity index (χ3n) is 6.95. The van der Waals surface area contributed by atoms with E-state index in [2.05, 4.69) is 25.3 Å². The number of hydrogen-bond donors (Lipinski definition) is 2. The summed E-state index contributed by atoms with van der Waals surface area (Å²) in [6.07, 6.45) is -4.05. The molecule has 40 heavy (non-hydrogen) atoms. The van der Waals surface area contributed by atoms with E-state index >= 15 is 0 Å². The van der Waals surface area contributed by atoms with E-state index in [1.54, 1.807) is 12.1 Å². The molecule has 1 amide bonds. The van der Waals surface area contributed by atoms with Crippen LogP contribution in [0.5, 0.6) is 5.75 Å². The summed E-state index contributed by atoms with van der Waals surface area (Å²) in [5, 5.41) is 5.59. The van der Waals surface area contributed by atoms with E-state index in [-0.39, 0.29) is 23.2 Å². The Kier molecular flexibility index (Phi) is 7.25. The van der Waals surface area contributed by atoms with Gasteiger partial charge < -0.3 is 20.3 Å². The van der Waals surface area contributed by atoms with Crippen molar-refractivity contribution < 1.29 is 31.5 Å². The minimum Gasteiger partial charge on any atom is -0.404 e. The number of hydrogen-bond acceptors (Lipinski definition) is 7. The average Bonchev–Trinajstić information content (AvgIpc) is 3.13. The number of alkyl halides is 4. The number of nitrogens with zero attached hydrogens (tertiary/aromatic N) is 4. The zero-order valence-corrected chi connectivity index (χ0v) is 21.8. The molecular weight excluding hydrogens is 535 g/mol. The van der Waals surface area contributed by atoms with Gasteiger partial charge in [-0.2, -0.15) is 0 Å². The predicted molar refractivity (Wildman–Crippen MR) is 139 cm³/mol. The second-order valence-corrected chi connectivity index (χ2v) is 10.1. The van der Waals surface area contributed by atoms with Gasteiger partial charge in [0.15, 0.2) is 11.6 Å². The number of amides is 1. The molecule has 212 valence electrons. The largest absolute Gasteiger partial charge is 0.573 e. The molecule has 0 spiro atoms. The van der Waals surface area contributed by atoms with Crippen LogP contribution < -0.4 is 20.3 Å². The molecule has 0 atom stereocenters. The number of anilines is 3. The van der Waals surface area contributed by atoms with Gasteiger partial charge in [-0.05, 0) is 43.7 Å². The maximum Gasteiger partial charge on any atom is 0.573 e. The molecular formula is C27H27F5N6O2. The molecule has 3 aromatic rings. The number of ether oxygens (including phenoxy) is 1. The fraction of sp³-hybridized carbons (Fsp3) is 0.370. The maximum atomic E-state index is 14.8. The number of piperazine rings is 1. The lowest BCUT2D eigenvalue weighted by atomic mass is 9.93. The van der Waals surface area contributed by atoms with Crippen LogP contribution in [-0.4, -0.2) is 66.5 Å². The summed E-state index contributed by atoms with van der Waals surface area (Å²) < 4.78 is 71.2. The minimum absolute atomic E-state index is 0.0753. The Hall–Kier alpha value is -4.00. The van der Waals surface area contributed by atoms with E-state index in [1.807, 2.05) is 23.6 Å². The zero-order chi connectivity index (χ0) is 28.7. The molecule has 0 saturated carbocycles. The summed E-state index contributed by atoms with van der Waals surface area (Å²) >= 11 is 0. The van der Waals surface area contributed by atoms with Crippen molar-refractivity contribution in [3.63, 3.8) is 0 Å². The third kappa shape index (κ3) is 5.79. The molecule has 0 aliphatic carbocycles. The van der Waals surface area contributed by atoms with Crippen LogP contribution in [-0.2, 0) is 5.54 Å². The van der Waals surface area contributed by atoms with Crippen LogP contribution >= 0.6 is 0 Å². The van der Waals surface area contributed by atoms with Crippen molar-refractivity contribution in [2.75, 3.05) is 49.6 Å². The number of benzene rings is 2. The van der Waals surface area contributed by atoms with Crippen LogP contribution in [0.4, 0.5) is 39.3 Å². The number of carbonyl (C=O) groups is 1. The fourth-order valence-electron chi connectivity index (χ4n) is 4.97. The van der Waals surface area contributed by atoms with Crippen molar-refractivity contribution in [1.82, 2.24) is 20.2 Å². The van der Waals surface area contributed by atoms with E-state index in [9.17, 15) is 26.7 Å². The monoisotopic (exact) mass is 562 g/mol. The van der Waals surface area contributed by atoms with Gasteiger partial charge in [-0.25, -0.2) is 18.7 Å². The van der Waals surface area contributed by atoms with Crippen LogP contribution in [0, 0.1) is 5.82 Å². The average molecular weight is 563 g/mol. The molecule has 5 rings (SSSR count). The summed E-state index contributed by atoms with van der Waals surface area (Å²) in [6, 6.07) is 9.02. The molecule has 2 N–H and O–H groups in total. The van der Waals surface area contributed by atoms with Crippen LogP contribution in [0.1, 0.15) is 29.8 Å². The van der Waals surface area contributed by atoms with Gasteiger partial charge >= 0.3 is 6.36 Å². The van der Waals surface area contributed by atoms with Gasteiger partial charge in [0, 0.05) is 49.5 Å². The van der Waals surface area contributed by atoms with Crippen LogP contribution in [0.3, 0.4) is 0 Å². The van der Waals surface area contributed by atoms with Gasteiger partial charge in [0.2, 0.25) is 5.95 Å². The Morgan fingerprint density at radius 3 is 2.55 bits per heavy atom. The molecule has 3 heterocycles.